The molecule has 2 fully saturated rings. The van der Waals surface area contributed by atoms with Gasteiger partial charge in [0.05, 0.1) is 4.92 Å². The van der Waals surface area contributed by atoms with Gasteiger partial charge in [0.25, 0.3) is 5.69 Å². The van der Waals surface area contributed by atoms with Crippen molar-refractivity contribution in [3.63, 3.8) is 0 Å². The molecule has 1 amide bonds. The molecule has 0 radical (unpaired) electrons. The topological polar surface area (TPSA) is 81.9 Å². The molecular weight excluding hydrogens is 324 g/mol. The highest BCUT2D eigenvalue weighted by Crippen LogP contribution is 2.38. The standard InChI is InChI=1S/C18H24N2O5/c1-18(2,3)25-17(21)19-13-4-5-14(19)11-16(10-13)24-15-8-6-12(7-9-15)20(22)23/h6-9,13-14,16H,4-5,10-11H2,1-3H3/t13-,14+,16+. The highest BCUT2D eigenvalue weighted by Gasteiger charge is 2.45. The average molecular weight is 348 g/mol. The molecule has 2 aliphatic heterocycles. The fourth-order valence-corrected chi connectivity index (χ4v) is 3.67. The molecule has 3 rings (SSSR count). The van der Waals surface area contributed by atoms with Crippen LogP contribution >= 0.6 is 0 Å². The zero-order chi connectivity index (χ0) is 18.2. The first-order valence-electron chi connectivity index (χ1n) is 8.65. The van der Waals surface area contributed by atoms with Gasteiger partial charge in [0.1, 0.15) is 17.5 Å². The minimum absolute atomic E-state index is 0.0117. The van der Waals surface area contributed by atoms with Crippen LogP contribution < -0.4 is 4.74 Å². The van der Waals surface area contributed by atoms with Gasteiger partial charge in [-0.15, -0.1) is 0 Å². The Bertz CT molecular complexity index is 638. The Morgan fingerprint density at radius 2 is 1.72 bits per heavy atom. The second kappa shape index (κ2) is 6.54. The SMILES string of the molecule is CC(C)(C)OC(=O)N1[C@@H]2CC[C@H]1C[C@@H](Oc1ccc([N+](=O)[O-])cc1)C2. The summed E-state index contributed by atoms with van der Waals surface area (Å²) < 4.78 is 11.5. The van der Waals surface area contributed by atoms with Crippen molar-refractivity contribution in [1.82, 2.24) is 4.90 Å². The first-order valence-corrected chi connectivity index (χ1v) is 8.65. The van der Waals surface area contributed by atoms with Crippen molar-refractivity contribution in [2.45, 2.75) is 70.2 Å². The van der Waals surface area contributed by atoms with Crippen molar-refractivity contribution in [3.8, 4) is 5.75 Å². The zero-order valence-corrected chi connectivity index (χ0v) is 14.8. The molecule has 7 nitrogen and oxygen atoms in total. The molecule has 1 aromatic carbocycles. The van der Waals surface area contributed by atoms with E-state index in [4.69, 9.17) is 9.47 Å². The Labute approximate surface area is 147 Å². The molecule has 25 heavy (non-hydrogen) atoms. The maximum absolute atomic E-state index is 12.4. The smallest absolute Gasteiger partial charge is 0.410 e. The number of carbonyl (C=O) groups excluding carboxylic acids is 1. The second-order valence-corrected chi connectivity index (χ2v) is 7.73. The Morgan fingerprint density at radius 3 is 2.20 bits per heavy atom. The van der Waals surface area contributed by atoms with Gasteiger partial charge < -0.3 is 14.4 Å². The van der Waals surface area contributed by atoms with Crippen LogP contribution in [0.1, 0.15) is 46.5 Å². The number of hydrogen-bond acceptors (Lipinski definition) is 5. The molecule has 2 heterocycles. The van der Waals surface area contributed by atoms with E-state index in [2.05, 4.69) is 0 Å². The van der Waals surface area contributed by atoms with E-state index in [1.807, 2.05) is 25.7 Å². The van der Waals surface area contributed by atoms with E-state index in [9.17, 15) is 14.9 Å². The molecule has 136 valence electrons. The van der Waals surface area contributed by atoms with E-state index >= 15 is 0 Å². The highest BCUT2D eigenvalue weighted by molar-refractivity contribution is 5.69. The van der Waals surface area contributed by atoms with Gasteiger partial charge in [-0.3, -0.25) is 10.1 Å². The number of rotatable bonds is 3. The Balaban J connectivity index is 1.62. The number of nitro benzene ring substituents is 1. The van der Waals surface area contributed by atoms with Crippen LogP contribution in [-0.2, 0) is 4.74 Å². The first-order chi connectivity index (χ1) is 11.7. The van der Waals surface area contributed by atoms with Gasteiger partial charge in [0, 0.05) is 37.1 Å². The van der Waals surface area contributed by atoms with Crippen molar-refractivity contribution in [1.29, 1.82) is 0 Å². The number of carbonyl (C=O) groups is 1. The molecule has 3 atom stereocenters. The summed E-state index contributed by atoms with van der Waals surface area (Å²) in [6.07, 6.45) is 3.21. The van der Waals surface area contributed by atoms with Gasteiger partial charge >= 0.3 is 6.09 Å². The van der Waals surface area contributed by atoms with E-state index in [1.54, 1.807) is 12.1 Å². The maximum Gasteiger partial charge on any atom is 0.410 e. The highest BCUT2D eigenvalue weighted by atomic mass is 16.6. The summed E-state index contributed by atoms with van der Waals surface area (Å²) in [4.78, 5) is 24.6. The van der Waals surface area contributed by atoms with Crippen LogP contribution in [-0.4, -0.2) is 39.7 Å². The second-order valence-electron chi connectivity index (χ2n) is 7.73. The zero-order valence-electron chi connectivity index (χ0n) is 14.8. The van der Waals surface area contributed by atoms with Crippen LogP contribution in [0.25, 0.3) is 0 Å². The normalized spacial score (nSPS) is 25.6. The lowest BCUT2D eigenvalue weighted by Gasteiger charge is -2.39. The van der Waals surface area contributed by atoms with Crippen LogP contribution in [0.15, 0.2) is 24.3 Å². The lowest BCUT2D eigenvalue weighted by Crippen LogP contribution is -2.50. The van der Waals surface area contributed by atoms with E-state index < -0.39 is 10.5 Å². The predicted octanol–water partition coefficient (Wildman–Crippen LogP) is 3.90. The van der Waals surface area contributed by atoms with E-state index in [1.165, 1.54) is 12.1 Å². The van der Waals surface area contributed by atoms with E-state index in [-0.39, 0.29) is 30.0 Å². The number of non-ortho nitro benzene ring substituents is 1. The molecule has 0 aromatic heterocycles. The summed E-state index contributed by atoms with van der Waals surface area (Å²) in [6.45, 7) is 5.62. The molecule has 0 N–H and O–H groups in total. The summed E-state index contributed by atoms with van der Waals surface area (Å²) in [7, 11) is 0. The lowest BCUT2D eigenvalue weighted by molar-refractivity contribution is -0.384. The van der Waals surface area contributed by atoms with Gasteiger partial charge in [-0.1, -0.05) is 0 Å². The molecule has 0 saturated carbocycles. The summed E-state index contributed by atoms with van der Waals surface area (Å²) in [5.74, 6) is 0.626. The molecule has 0 aliphatic carbocycles. The van der Waals surface area contributed by atoms with Gasteiger partial charge in [-0.05, 0) is 45.7 Å². The Morgan fingerprint density at radius 1 is 1.16 bits per heavy atom. The number of piperidine rings is 1. The van der Waals surface area contributed by atoms with Gasteiger partial charge in [-0.25, -0.2) is 4.79 Å². The fraction of sp³-hybridized carbons (Fsp3) is 0.611. The molecular formula is C18H24N2O5. The Hall–Kier alpha value is -2.31. The van der Waals surface area contributed by atoms with Gasteiger partial charge in [-0.2, -0.15) is 0 Å². The molecule has 0 spiro atoms. The quantitative estimate of drug-likeness (QED) is 0.611. The first kappa shape index (κ1) is 17.5. The summed E-state index contributed by atoms with van der Waals surface area (Å²) in [5.41, 5.74) is -0.449. The van der Waals surface area contributed by atoms with Crippen molar-refractivity contribution >= 4 is 11.8 Å². The average Bonchev–Trinajstić information content (AvgIpc) is 2.78. The molecule has 1 aromatic rings. The van der Waals surface area contributed by atoms with Crippen LogP contribution in [0.4, 0.5) is 10.5 Å². The van der Waals surface area contributed by atoms with Gasteiger partial charge in [0.2, 0.25) is 0 Å². The van der Waals surface area contributed by atoms with Crippen molar-refractivity contribution in [3.05, 3.63) is 34.4 Å². The number of amides is 1. The van der Waals surface area contributed by atoms with Crippen molar-refractivity contribution in [2.75, 3.05) is 0 Å². The van der Waals surface area contributed by atoms with Gasteiger partial charge in [0.15, 0.2) is 0 Å². The summed E-state index contributed by atoms with van der Waals surface area (Å²) >= 11 is 0. The van der Waals surface area contributed by atoms with Crippen LogP contribution in [0.5, 0.6) is 5.75 Å². The predicted molar refractivity (Wildman–Crippen MR) is 91.6 cm³/mol. The number of nitro groups is 1. The van der Waals surface area contributed by atoms with E-state index in [0.717, 1.165) is 25.7 Å². The molecule has 2 aliphatic rings. The number of nitrogens with zero attached hydrogens (tertiary/aromatic N) is 2. The number of hydrogen-bond donors (Lipinski definition) is 0. The van der Waals surface area contributed by atoms with Crippen LogP contribution in [0, 0.1) is 10.1 Å². The Kier molecular flexibility index (Phi) is 4.58. The van der Waals surface area contributed by atoms with Crippen LogP contribution in [0.2, 0.25) is 0 Å². The molecule has 0 unspecified atom stereocenters. The number of ether oxygens (including phenoxy) is 2. The third-order valence-electron chi connectivity index (χ3n) is 4.64. The molecule has 7 heteroatoms. The van der Waals surface area contributed by atoms with Crippen molar-refractivity contribution < 1.29 is 19.2 Å². The molecule has 2 saturated heterocycles. The fourth-order valence-electron chi connectivity index (χ4n) is 3.67. The number of fused-ring (bicyclic) bond motifs is 2. The number of benzene rings is 1. The monoisotopic (exact) mass is 348 g/mol. The van der Waals surface area contributed by atoms with Crippen molar-refractivity contribution in [2.24, 2.45) is 0 Å². The summed E-state index contributed by atoms with van der Waals surface area (Å²) in [6, 6.07) is 6.41. The summed E-state index contributed by atoms with van der Waals surface area (Å²) in [5, 5.41) is 10.7. The lowest BCUT2D eigenvalue weighted by atomic mass is 10.00. The molecule has 2 bridgehead atoms. The third-order valence-corrected chi connectivity index (χ3v) is 4.64. The van der Waals surface area contributed by atoms with E-state index in [0.29, 0.717) is 5.75 Å². The largest absolute Gasteiger partial charge is 0.490 e. The minimum atomic E-state index is -0.497. The third kappa shape index (κ3) is 4.03. The van der Waals surface area contributed by atoms with Crippen LogP contribution in [0.3, 0.4) is 0 Å². The maximum atomic E-state index is 12.4. The minimum Gasteiger partial charge on any atom is -0.490 e.